The van der Waals surface area contributed by atoms with Gasteiger partial charge in [0.25, 0.3) is 5.91 Å². The van der Waals surface area contributed by atoms with Crippen LogP contribution in [0.5, 0.6) is 0 Å². The molecule has 2 rings (SSSR count). The van der Waals surface area contributed by atoms with E-state index in [4.69, 9.17) is 5.73 Å². The highest BCUT2D eigenvalue weighted by Gasteiger charge is 2.21. The Morgan fingerprint density at radius 3 is 2.29 bits per heavy atom. The lowest BCUT2D eigenvalue weighted by Crippen LogP contribution is -2.42. The molecule has 3 heteroatoms. The molecule has 1 amide bonds. The summed E-state index contributed by atoms with van der Waals surface area (Å²) in [4.78, 5) is 14.0. The maximum atomic E-state index is 12.1. The van der Waals surface area contributed by atoms with Crippen molar-refractivity contribution in [2.24, 2.45) is 5.73 Å². The minimum absolute atomic E-state index is 0. The number of carbonyl (C=O) groups excluding carboxylic acids is 1. The molecule has 1 heterocycles. The summed E-state index contributed by atoms with van der Waals surface area (Å²) >= 11 is 0. The van der Waals surface area contributed by atoms with E-state index in [0.717, 1.165) is 31.5 Å². The van der Waals surface area contributed by atoms with Crippen molar-refractivity contribution < 1.29 is 4.79 Å². The lowest BCUT2D eigenvalue weighted by atomic mass is 10.0. The van der Waals surface area contributed by atoms with Crippen molar-refractivity contribution in [2.75, 3.05) is 13.1 Å². The topological polar surface area (TPSA) is 46.3 Å². The largest absolute Gasteiger partial charge is 0.339 e. The minimum Gasteiger partial charge on any atom is -0.339 e. The van der Waals surface area contributed by atoms with Crippen LogP contribution in [0.15, 0.2) is 24.3 Å². The van der Waals surface area contributed by atoms with Crippen molar-refractivity contribution in [3.63, 3.8) is 0 Å². The van der Waals surface area contributed by atoms with E-state index in [9.17, 15) is 4.79 Å². The van der Waals surface area contributed by atoms with Crippen LogP contribution in [-0.4, -0.2) is 29.9 Å². The summed E-state index contributed by atoms with van der Waals surface area (Å²) in [5.41, 5.74) is 7.77. The third-order valence-electron chi connectivity index (χ3n) is 3.13. The Morgan fingerprint density at radius 1 is 1.24 bits per heavy atom. The second-order valence-electron chi connectivity index (χ2n) is 4.50. The molecule has 1 aliphatic heterocycles. The van der Waals surface area contributed by atoms with Gasteiger partial charge in [-0.25, -0.2) is 0 Å². The number of nitrogens with zero attached hydrogens (tertiary/aromatic N) is 1. The fourth-order valence-corrected chi connectivity index (χ4v) is 1.98. The Labute approximate surface area is 104 Å². The Hall–Kier alpha value is -1.35. The average molecular weight is 234 g/mol. The van der Waals surface area contributed by atoms with Crippen LogP contribution in [0.2, 0.25) is 0 Å². The molecule has 0 saturated carbocycles. The van der Waals surface area contributed by atoms with E-state index in [0.29, 0.717) is 0 Å². The molecule has 1 aliphatic rings. The summed E-state index contributed by atoms with van der Waals surface area (Å²) in [6.45, 7) is 3.59. The van der Waals surface area contributed by atoms with Gasteiger partial charge < -0.3 is 10.6 Å². The minimum atomic E-state index is 0. The van der Waals surface area contributed by atoms with Crippen LogP contribution in [-0.2, 0) is 0 Å². The molecule has 3 nitrogen and oxygen atoms in total. The summed E-state index contributed by atoms with van der Waals surface area (Å²) in [6, 6.07) is 8.01. The number of carbonyl (C=O) groups is 1. The number of benzene rings is 1. The molecule has 1 saturated heterocycles. The van der Waals surface area contributed by atoms with Crippen molar-refractivity contribution >= 4 is 5.91 Å². The quantitative estimate of drug-likeness (QED) is 0.809. The third kappa shape index (κ3) is 3.30. The fraction of sp³-hybridized carbons (Fsp3) is 0.500. The molecule has 0 unspecified atom stereocenters. The first-order valence-corrected chi connectivity index (χ1v) is 5.78. The predicted molar refractivity (Wildman–Crippen MR) is 71.0 cm³/mol. The Morgan fingerprint density at radius 2 is 1.76 bits per heavy atom. The number of piperidine rings is 1. The highest BCUT2D eigenvalue weighted by molar-refractivity contribution is 5.94. The zero-order chi connectivity index (χ0) is 11.5. The predicted octanol–water partition coefficient (Wildman–Crippen LogP) is 2.19. The van der Waals surface area contributed by atoms with Gasteiger partial charge in [-0.3, -0.25) is 4.79 Å². The van der Waals surface area contributed by atoms with Gasteiger partial charge in [-0.05, 0) is 31.9 Å². The third-order valence-corrected chi connectivity index (χ3v) is 3.13. The maximum Gasteiger partial charge on any atom is 0.253 e. The highest BCUT2D eigenvalue weighted by Crippen LogP contribution is 2.13. The molecule has 0 aromatic heterocycles. The van der Waals surface area contributed by atoms with E-state index in [2.05, 4.69) is 0 Å². The molecule has 0 bridgehead atoms. The first kappa shape index (κ1) is 13.7. The van der Waals surface area contributed by atoms with Crippen molar-refractivity contribution in [1.82, 2.24) is 4.90 Å². The van der Waals surface area contributed by atoms with E-state index in [-0.39, 0.29) is 19.4 Å². The number of nitrogens with two attached hydrogens (primary N) is 1. The van der Waals surface area contributed by atoms with Crippen LogP contribution in [0, 0.1) is 6.92 Å². The summed E-state index contributed by atoms with van der Waals surface area (Å²) in [5, 5.41) is 0. The molecule has 1 aromatic rings. The van der Waals surface area contributed by atoms with E-state index in [1.807, 2.05) is 36.1 Å². The molecule has 0 radical (unpaired) electrons. The van der Waals surface area contributed by atoms with Crippen molar-refractivity contribution in [2.45, 2.75) is 33.2 Å². The number of hydrogen-bond acceptors (Lipinski definition) is 2. The van der Waals surface area contributed by atoms with Crippen LogP contribution in [0.4, 0.5) is 0 Å². The summed E-state index contributed by atoms with van der Waals surface area (Å²) in [7, 11) is 0. The summed E-state index contributed by atoms with van der Waals surface area (Å²) in [6.07, 6.45) is 1.83. The van der Waals surface area contributed by atoms with E-state index in [1.165, 1.54) is 5.56 Å². The van der Waals surface area contributed by atoms with Crippen LogP contribution < -0.4 is 5.73 Å². The molecular weight excluding hydrogens is 212 g/mol. The summed E-state index contributed by atoms with van der Waals surface area (Å²) in [5.74, 6) is 0.131. The SMILES string of the molecule is C.Cc1ccc(C(=O)N2CCC(N)CC2)cc1. The lowest BCUT2D eigenvalue weighted by molar-refractivity contribution is 0.0715. The van der Waals surface area contributed by atoms with Crippen molar-refractivity contribution in [3.8, 4) is 0 Å². The zero-order valence-electron chi connectivity index (χ0n) is 9.65. The number of rotatable bonds is 1. The molecule has 2 N–H and O–H groups in total. The highest BCUT2D eigenvalue weighted by atomic mass is 16.2. The Kier molecular flexibility index (Phi) is 4.70. The molecule has 0 aliphatic carbocycles. The molecule has 0 atom stereocenters. The van der Waals surface area contributed by atoms with Crippen molar-refractivity contribution in [1.29, 1.82) is 0 Å². The van der Waals surface area contributed by atoms with Gasteiger partial charge in [-0.1, -0.05) is 25.1 Å². The molecule has 1 fully saturated rings. The molecule has 17 heavy (non-hydrogen) atoms. The fourth-order valence-electron chi connectivity index (χ4n) is 1.98. The van der Waals surface area contributed by atoms with Crippen LogP contribution >= 0.6 is 0 Å². The van der Waals surface area contributed by atoms with Gasteiger partial charge in [0, 0.05) is 24.7 Å². The normalized spacial score (nSPS) is 16.5. The number of aryl methyl sites for hydroxylation is 1. The second-order valence-corrected chi connectivity index (χ2v) is 4.50. The van der Waals surface area contributed by atoms with Gasteiger partial charge in [0.2, 0.25) is 0 Å². The molecule has 0 spiro atoms. The first-order chi connectivity index (χ1) is 7.66. The van der Waals surface area contributed by atoms with E-state index >= 15 is 0 Å². The molecular formula is C14H22N2O. The smallest absolute Gasteiger partial charge is 0.253 e. The average Bonchev–Trinajstić information content (AvgIpc) is 2.30. The standard InChI is InChI=1S/C13H18N2O.CH4/c1-10-2-4-11(5-3-10)13(16)15-8-6-12(14)7-9-15;/h2-5,12H,6-9,14H2,1H3;1H4. The van der Waals surface area contributed by atoms with Gasteiger partial charge in [-0.2, -0.15) is 0 Å². The lowest BCUT2D eigenvalue weighted by Gasteiger charge is -2.30. The molecule has 1 aromatic carbocycles. The van der Waals surface area contributed by atoms with Gasteiger partial charge in [0.05, 0.1) is 0 Å². The Balaban J connectivity index is 0.00000144. The van der Waals surface area contributed by atoms with Crippen molar-refractivity contribution in [3.05, 3.63) is 35.4 Å². The maximum absolute atomic E-state index is 12.1. The second kappa shape index (κ2) is 5.82. The van der Waals surface area contributed by atoms with Crippen LogP contribution in [0.25, 0.3) is 0 Å². The van der Waals surface area contributed by atoms with Gasteiger partial charge >= 0.3 is 0 Å². The van der Waals surface area contributed by atoms with Crippen LogP contribution in [0.3, 0.4) is 0 Å². The van der Waals surface area contributed by atoms with Gasteiger partial charge in [0.1, 0.15) is 0 Å². The number of amides is 1. The zero-order valence-corrected chi connectivity index (χ0v) is 9.65. The number of likely N-dealkylation sites (tertiary alicyclic amines) is 1. The first-order valence-electron chi connectivity index (χ1n) is 5.78. The van der Waals surface area contributed by atoms with Gasteiger partial charge in [0.15, 0.2) is 0 Å². The monoisotopic (exact) mass is 234 g/mol. The van der Waals surface area contributed by atoms with E-state index < -0.39 is 0 Å². The number of hydrogen-bond donors (Lipinski definition) is 1. The van der Waals surface area contributed by atoms with Crippen LogP contribution in [0.1, 0.15) is 36.2 Å². The Bertz CT molecular complexity index is 364. The summed E-state index contributed by atoms with van der Waals surface area (Å²) < 4.78 is 0. The molecule has 94 valence electrons. The van der Waals surface area contributed by atoms with Gasteiger partial charge in [-0.15, -0.1) is 0 Å². The van der Waals surface area contributed by atoms with E-state index in [1.54, 1.807) is 0 Å².